The highest BCUT2D eigenvalue weighted by molar-refractivity contribution is 7.99. The van der Waals surface area contributed by atoms with E-state index in [1.165, 1.54) is 6.07 Å². The first-order chi connectivity index (χ1) is 9.05. The molecule has 0 aromatic heterocycles. The first kappa shape index (κ1) is 17.2. The molecular weight excluding hydrogens is 306 g/mol. The van der Waals surface area contributed by atoms with Crippen molar-refractivity contribution < 1.29 is 31.4 Å². The molecule has 1 aromatic carbocycles. The number of hydrogen-bond acceptors (Lipinski definition) is 2. The summed E-state index contributed by atoms with van der Waals surface area (Å²) in [6, 6.07) is 4.15. The van der Waals surface area contributed by atoms with Crippen LogP contribution in [0.4, 0.5) is 26.3 Å². The van der Waals surface area contributed by atoms with Crippen molar-refractivity contribution >= 4 is 11.8 Å². The minimum atomic E-state index is -5.85. The molecule has 0 aliphatic carbocycles. The number of rotatable bonds is 4. The molecule has 0 spiro atoms. The van der Waals surface area contributed by atoms with E-state index in [-0.39, 0.29) is 4.90 Å². The van der Waals surface area contributed by atoms with E-state index in [1.807, 2.05) is 0 Å². The van der Waals surface area contributed by atoms with Crippen LogP contribution in [0.2, 0.25) is 0 Å². The average Bonchev–Trinajstić information content (AvgIpc) is 2.33. The van der Waals surface area contributed by atoms with Crippen molar-refractivity contribution in [1.29, 1.82) is 0 Å². The van der Waals surface area contributed by atoms with E-state index in [0.717, 1.165) is 23.9 Å². The Balaban J connectivity index is 3.44. The molecule has 0 saturated carbocycles. The summed E-state index contributed by atoms with van der Waals surface area (Å²) in [5.41, 5.74) is -6.05. The average molecular weight is 318 g/mol. The Morgan fingerprint density at radius 1 is 1.00 bits per heavy atom. The Morgan fingerprint density at radius 2 is 1.50 bits per heavy atom. The Bertz CT molecular complexity index is 440. The highest BCUT2D eigenvalue weighted by Gasteiger charge is 2.71. The monoisotopic (exact) mass is 318 g/mol. The van der Waals surface area contributed by atoms with Crippen LogP contribution in [0.15, 0.2) is 29.2 Å². The van der Waals surface area contributed by atoms with Gasteiger partial charge < -0.3 is 5.11 Å². The van der Waals surface area contributed by atoms with Crippen LogP contribution in [0, 0.1) is 0 Å². The number of thioether (sulfide) groups is 1. The summed E-state index contributed by atoms with van der Waals surface area (Å²) in [6.45, 7) is 1.75. The molecule has 1 nitrogen and oxygen atoms in total. The minimum absolute atomic E-state index is 0.230. The van der Waals surface area contributed by atoms with E-state index in [9.17, 15) is 31.4 Å². The molecule has 1 rings (SSSR count). The topological polar surface area (TPSA) is 20.2 Å². The highest BCUT2D eigenvalue weighted by Crippen LogP contribution is 2.52. The van der Waals surface area contributed by atoms with E-state index in [1.54, 1.807) is 6.92 Å². The summed E-state index contributed by atoms with van der Waals surface area (Å²) >= 11 is 0.846. The lowest BCUT2D eigenvalue weighted by molar-refractivity contribution is -0.377. The van der Waals surface area contributed by atoms with Gasteiger partial charge >= 0.3 is 12.4 Å². The third-order valence-electron chi connectivity index (χ3n) is 2.56. The van der Waals surface area contributed by atoms with E-state index in [4.69, 9.17) is 0 Å². The second-order valence-electron chi connectivity index (χ2n) is 4.05. The van der Waals surface area contributed by atoms with E-state index in [0.29, 0.717) is 18.2 Å². The predicted molar refractivity (Wildman–Crippen MR) is 63.5 cm³/mol. The summed E-state index contributed by atoms with van der Waals surface area (Å²) in [5.74, 6) is 0.350. The van der Waals surface area contributed by atoms with Crippen LogP contribution in [0.1, 0.15) is 18.9 Å². The van der Waals surface area contributed by atoms with Gasteiger partial charge in [0.15, 0.2) is 0 Å². The Hall–Kier alpha value is -0.890. The lowest BCUT2D eigenvalue weighted by atomic mass is 9.92. The van der Waals surface area contributed by atoms with Crippen molar-refractivity contribution in [2.24, 2.45) is 0 Å². The fraction of sp³-hybridized carbons (Fsp3) is 0.500. The van der Waals surface area contributed by atoms with Gasteiger partial charge in [0.05, 0.1) is 0 Å². The van der Waals surface area contributed by atoms with Crippen LogP contribution in [0.3, 0.4) is 0 Å². The number of benzene rings is 1. The molecule has 0 saturated heterocycles. The molecular formula is C12H12F6OS. The van der Waals surface area contributed by atoms with Gasteiger partial charge in [-0.05, 0) is 18.2 Å². The van der Waals surface area contributed by atoms with E-state index >= 15 is 0 Å². The molecule has 1 aromatic rings. The van der Waals surface area contributed by atoms with Gasteiger partial charge in [-0.25, -0.2) is 0 Å². The quantitative estimate of drug-likeness (QED) is 0.651. The molecule has 114 valence electrons. The van der Waals surface area contributed by atoms with Crippen LogP contribution in [-0.4, -0.2) is 23.2 Å². The number of alkyl halides is 6. The molecule has 0 bridgehead atoms. The van der Waals surface area contributed by atoms with Crippen molar-refractivity contribution in [1.82, 2.24) is 0 Å². The zero-order chi connectivity index (χ0) is 15.6. The van der Waals surface area contributed by atoms with Gasteiger partial charge in [0.1, 0.15) is 0 Å². The van der Waals surface area contributed by atoms with Gasteiger partial charge in [0.2, 0.25) is 0 Å². The molecule has 0 heterocycles. The number of halogens is 6. The molecule has 8 heteroatoms. The first-order valence-electron chi connectivity index (χ1n) is 5.63. The zero-order valence-electron chi connectivity index (χ0n) is 10.3. The molecule has 0 radical (unpaired) electrons. The maximum atomic E-state index is 12.8. The Kier molecular flexibility index (Phi) is 5.02. The van der Waals surface area contributed by atoms with Gasteiger partial charge in [0.25, 0.3) is 5.60 Å². The summed E-state index contributed by atoms with van der Waals surface area (Å²) in [7, 11) is 0. The largest absolute Gasteiger partial charge is 0.430 e. The summed E-state index contributed by atoms with van der Waals surface area (Å²) in [6.07, 6.45) is -11.1. The molecule has 0 aliphatic rings. The van der Waals surface area contributed by atoms with Crippen LogP contribution < -0.4 is 0 Å². The standard InChI is InChI=1S/C12H12F6OS/c1-2-7-20-9-6-4-3-5-8(9)10(19,11(13,14)15)12(16,17)18/h3-6,19H,2,7H2,1H3. The third kappa shape index (κ3) is 3.06. The molecule has 20 heavy (non-hydrogen) atoms. The zero-order valence-corrected chi connectivity index (χ0v) is 11.2. The predicted octanol–water partition coefficient (Wildman–Crippen LogP) is 4.50. The third-order valence-corrected chi connectivity index (χ3v) is 3.84. The lowest BCUT2D eigenvalue weighted by Crippen LogP contribution is -2.54. The second-order valence-corrected chi connectivity index (χ2v) is 5.19. The summed E-state index contributed by atoms with van der Waals surface area (Å²) < 4.78 is 76.9. The van der Waals surface area contributed by atoms with E-state index < -0.39 is 23.5 Å². The Morgan fingerprint density at radius 3 is 1.95 bits per heavy atom. The van der Waals surface area contributed by atoms with Crippen molar-refractivity contribution in [2.75, 3.05) is 5.75 Å². The molecule has 0 fully saturated rings. The number of aliphatic hydroxyl groups is 1. The Labute approximate surface area is 116 Å². The first-order valence-corrected chi connectivity index (χ1v) is 6.62. The summed E-state index contributed by atoms with van der Waals surface area (Å²) in [4.78, 5) is -0.230. The number of hydrogen-bond donors (Lipinski definition) is 1. The van der Waals surface area contributed by atoms with Crippen LogP contribution >= 0.6 is 11.8 Å². The van der Waals surface area contributed by atoms with Gasteiger partial charge in [-0.1, -0.05) is 25.1 Å². The van der Waals surface area contributed by atoms with Gasteiger partial charge in [-0.2, -0.15) is 26.3 Å². The van der Waals surface area contributed by atoms with Crippen LogP contribution in [0.25, 0.3) is 0 Å². The lowest BCUT2D eigenvalue weighted by Gasteiger charge is -2.33. The minimum Gasteiger partial charge on any atom is -0.369 e. The van der Waals surface area contributed by atoms with Crippen molar-refractivity contribution in [3.05, 3.63) is 29.8 Å². The van der Waals surface area contributed by atoms with Crippen LogP contribution in [0.5, 0.6) is 0 Å². The maximum absolute atomic E-state index is 12.8. The highest BCUT2D eigenvalue weighted by atomic mass is 32.2. The fourth-order valence-corrected chi connectivity index (χ4v) is 2.54. The molecule has 0 atom stereocenters. The maximum Gasteiger partial charge on any atom is 0.430 e. The van der Waals surface area contributed by atoms with Crippen molar-refractivity contribution in [3.8, 4) is 0 Å². The molecule has 0 unspecified atom stereocenters. The van der Waals surface area contributed by atoms with Gasteiger partial charge in [-0.15, -0.1) is 11.8 Å². The SMILES string of the molecule is CCCSc1ccccc1C(O)(C(F)(F)F)C(F)(F)F. The molecule has 0 aliphatic heterocycles. The summed E-state index contributed by atoms with van der Waals surface area (Å²) in [5, 5.41) is 9.37. The molecule has 0 amide bonds. The van der Waals surface area contributed by atoms with Crippen molar-refractivity contribution in [3.63, 3.8) is 0 Å². The van der Waals surface area contributed by atoms with Crippen molar-refractivity contribution in [2.45, 2.75) is 36.2 Å². The molecule has 1 N–H and O–H groups in total. The fourth-order valence-electron chi connectivity index (χ4n) is 1.57. The van der Waals surface area contributed by atoms with Gasteiger partial charge in [-0.3, -0.25) is 0 Å². The smallest absolute Gasteiger partial charge is 0.369 e. The van der Waals surface area contributed by atoms with Gasteiger partial charge in [0, 0.05) is 10.5 Å². The van der Waals surface area contributed by atoms with E-state index in [2.05, 4.69) is 0 Å². The second kappa shape index (κ2) is 5.85. The normalized spacial score (nSPS) is 13.6. The van der Waals surface area contributed by atoms with Crippen LogP contribution in [-0.2, 0) is 5.60 Å².